The van der Waals surface area contributed by atoms with Gasteiger partial charge in [-0.3, -0.25) is 4.79 Å². The number of fused-ring (bicyclic) bond motifs is 7. The van der Waals surface area contributed by atoms with Gasteiger partial charge in [-0.1, -0.05) is 20.8 Å². The molecule has 4 aliphatic heterocycles. The van der Waals surface area contributed by atoms with Crippen molar-refractivity contribution in [3.8, 4) is 0 Å². The second kappa shape index (κ2) is 19.1. The minimum atomic E-state index is -1.64. The van der Waals surface area contributed by atoms with Gasteiger partial charge in [0.1, 0.15) is 84.8 Å². The van der Waals surface area contributed by atoms with E-state index >= 15 is 0 Å². The highest BCUT2D eigenvalue weighted by atomic mass is 16.7. The number of hydrogen-bond acceptors (Lipinski definition) is 19. The normalized spacial score (nSPS) is 51.4. The molecule has 0 amide bonds. The number of aliphatic hydroxyl groups excluding tert-OH is 11. The third kappa shape index (κ3) is 8.64. The topological polar surface area (TPSA) is 304 Å². The molecule has 8 rings (SSSR count). The molecule has 7 fully saturated rings. The molecule has 19 heteroatoms. The number of rotatable bonds is 13. The van der Waals surface area contributed by atoms with Crippen molar-refractivity contribution in [2.45, 2.75) is 177 Å². The molecule has 0 spiro atoms. The minimum Gasteiger partial charge on any atom is -0.494 e. The Morgan fingerprint density at radius 3 is 2.11 bits per heavy atom. The van der Waals surface area contributed by atoms with E-state index in [9.17, 15) is 61.0 Å². The highest BCUT2D eigenvalue weighted by molar-refractivity contribution is 5.83. The SMILES string of the molecule is CC1=C([C@H](CO)C[C@@H](C)CO[C@@H]2O[C@H](CO)[C@@H](O)[C@H](O)[C@H]2O)O[C@@H]2C[C@H]3[C@@H]4CC(=O)[C@H]5C[C@@H](O[C@@H]6O[C@H](CO[C@H]7OC[C@H](O)[C@H](O)[C@H]7O)[C@@H](O)[C@H](O)[C@H]6O)CC[C@]5(C)[C@H]4CC[C@]3(C)[C@H]12. The van der Waals surface area contributed by atoms with E-state index < -0.39 is 98.7 Å². The Labute approximate surface area is 373 Å². The van der Waals surface area contributed by atoms with Crippen LogP contribution in [0.4, 0.5) is 0 Å². The molecule has 0 aromatic rings. The smallest absolute Gasteiger partial charge is 0.186 e. The van der Waals surface area contributed by atoms with Gasteiger partial charge in [-0.05, 0) is 91.9 Å². The van der Waals surface area contributed by atoms with Crippen molar-refractivity contribution in [2.75, 3.05) is 33.0 Å². The van der Waals surface area contributed by atoms with Crippen LogP contribution < -0.4 is 0 Å². The van der Waals surface area contributed by atoms with Crippen LogP contribution in [0.5, 0.6) is 0 Å². The van der Waals surface area contributed by atoms with E-state index in [4.69, 9.17) is 33.2 Å². The summed E-state index contributed by atoms with van der Waals surface area (Å²) >= 11 is 0. The average Bonchev–Trinajstić information content (AvgIpc) is 3.77. The summed E-state index contributed by atoms with van der Waals surface area (Å²) in [4.78, 5) is 14.3. The van der Waals surface area contributed by atoms with Crippen LogP contribution in [0, 0.1) is 52.3 Å². The number of hydrogen-bond donors (Lipinski definition) is 11. The Hall–Kier alpha value is -1.47. The van der Waals surface area contributed by atoms with Crippen LogP contribution in [-0.2, 0) is 38.0 Å². The number of aliphatic hydroxyl groups is 11. The fraction of sp³-hybridized carbons (Fsp3) is 0.933. The molecular formula is C45H72O19. The second-order valence-corrected chi connectivity index (χ2v) is 20.9. The van der Waals surface area contributed by atoms with Gasteiger partial charge >= 0.3 is 0 Å². The number of ether oxygens (including phenoxy) is 7. The zero-order valence-electron chi connectivity index (χ0n) is 37.2. The lowest BCUT2D eigenvalue weighted by atomic mass is 9.44. The van der Waals surface area contributed by atoms with E-state index in [2.05, 4.69) is 20.8 Å². The average molecular weight is 917 g/mol. The standard InChI is InChI=1S/C45H72O19/c1-18(15-58-42-38(56)35(53)33(51)29(14-47)63-42)9-20(13-46)40-19(2)31-28(62-40)12-24-22-11-26(48)25-10-21(5-7-44(25,3)23(22)6-8-45(24,31)4)61-43-39(57)36(54)34(52)30(64-43)17-60-41-37(55)32(50)27(49)16-59-41/h18,20-25,27-39,41-43,46-47,49-57H,5-17H2,1-4H3/t18-,20+,21+,22-,23+,24+,25-,27+,28-,29-,30-,31-,32+,33-,34-,35+,36+,37-,38-,39-,41-,42-,43-,44-,45+/m1/s1. The predicted octanol–water partition coefficient (Wildman–Crippen LogP) is -1.79. The Morgan fingerprint density at radius 2 is 1.41 bits per heavy atom. The number of carbonyl (C=O) groups is 1. The highest BCUT2D eigenvalue weighted by Gasteiger charge is 2.66. The summed E-state index contributed by atoms with van der Waals surface area (Å²) in [7, 11) is 0. The van der Waals surface area contributed by atoms with Gasteiger partial charge in [-0.2, -0.15) is 0 Å². The van der Waals surface area contributed by atoms with E-state index in [-0.39, 0.29) is 84.7 Å². The molecule has 0 aromatic heterocycles. The van der Waals surface area contributed by atoms with Gasteiger partial charge in [0, 0.05) is 24.2 Å². The summed E-state index contributed by atoms with van der Waals surface area (Å²) in [6.07, 6.45) is -15.0. The first-order chi connectivity index (χ1) is 30.3. The summed E-state index contributed by atoms with van der Waals surface area (Å²) in [5.74, 6) is 1.19. The summed E-state index contributed by atoms with van der Waals surface area (Å²) in [6, 6.07) is 0. The fourth-order valence-corrected chi connectivity index (χ4v) is 13.6. The van der Waals surface area contributed by atoms with Gasteiger partial charge < -0.3 is 89.3 Å². The van der Waals surface area contributed by atoms with Crippen molar-refractivity contribution >= 4 is 5.78 Å². The van der Waals surface area contributed by atoms with E-state index in [1.165, 1.54) is 0 Å². The molecular weight excluding hydrogens is 844 g/mol. The minimum absolute atomic E-state index is 0.0759. The molecule has 8 aliphatic rings. The van der Waals surface area contributed by atoms with E-state index in [0.29, 0.717) is 38.0 Å². The van der Waals surface area contributed by atoms with Crippen molar-refractivity contribution in [3.63, 3.8) is 0 Å². The molecule has 4 aliphatic carbocycles. The maximum atomic E-state index is 14.3. The molecule has 0 unspecified atom stereocenters. The van der Waals surface area contributed by atoms with Gasteiger partial charge in [-0.15, -0.1) is 0 Å². The van der Waals surface area contributed by atoms with Crippen molar-refractivity contribution in [3.05, 3.63) is 11.3 Å². The summed E-state index contributed by atoms with van der Waals surface area (Å²) in [6.45, 7) is 7.41. The predicted molar refractivity (Wildman–Crippen MR) is 218 cm³/mol. The first kappa shape index (κ1) is 49.0. The zero-order valence-corrected chi connectivity index (χ0v) is 37.2. The molecule has 64 heavy (non-hydrogen) atoms. The maximum absolute atomic E-state index is 14.3. The zero-order chi connectivity index (χ0) is 46.2. The largest absolute Gasteiger partial charge is 0.494 e. The first-order valence-corrected chi connectivity index (χ1v) is 23.4. The third-order valence-electron chi connectivity index (χ3n) is 17.1. The highest BCUT2D eigenvalue weighted by Crippen LogP contribution is 2.69. The summed E-state index contributed by atoms with van der Waals surface area (Å²) in [5, 5.41) is 113. The number of ketones is 1. The van der Waals surface area contributed by atoms with E-state index in [1.54, 1.807) is 0 Å². The Balaban J connectivity index is 0.875. The number of Topliss-reactive ketones (excluding diaryl/α,β-unsaturated/α-hetero) is 1. The van der Waals surface area contributed by atoms with Gasteiger partial charge in [0.25, 0.3) is 0 Å². The molecule has 3 saturated heterocycles. The molecule has 0 radical (unpaired) electrons. The van der Waals surface area contributed by atoms with Crippen LogP contribution in [0.25, 0.3) is 0 Å². The van der Waals surface area contributed by atoms with Crippen molar-refractivity contribution in [2.24, 2.45) is 52.3 Å². The molecule has 0 bridgehead atoms. The Morgan fingerprint density at radius 1 is 0.750 bits per heavy atom. The fourth-order valence-electron chi connectivity index (χ4n) is 13.6. The quantitative estimate of drug-likeness (QED) is 0.0909. The maximum Gasteiger partial charge on any atom is 0.186 e. The monoisotopic (exact) mass is 916 g/mol. The van der Waals surface area contributed by atoms with E-state index in [0.717, 1.165) is 30.6 Å². The molecule has 0 aromatic carbocycles. The van der Waals surface area contributed by atoms with Crippen LogP contribution in [0.1, 0.15) is 79.1 Å². The Kier molecular flexibility index (Phi) is 14.6. The molecule has 11 N–H and O–H groups in total. The summed E-state index contributed by atoms with van der Waals surface area (Å²) < 4.78 is 41.2. The van der Waals surface area contributed by atoms with Gasteiger partial charge in [0.05, 0.1) is 39.1 Å². The van der Waals surface area contributed by atoms with Crippen LogP contribution in [0.2, 0.25) is 0 Å². The lowest BCUT2D eigenvalue weighted by Gasteiger charge is -2.60. The summed E-state index contributed by atoms with van der Waals surface area (Å²) in [5.41, 5.74) is 0.750. The van der Waals surface area contributed by atoms with E-state index in [1.807, 2.05) is 6.92 Å². The van der Waals surface area contributed by atoms with Gasteiger partial charge in [0.15, 0.2) is 18.9 Å². The van der Waals surface area contributed by atoms with Gasteiger partial charge in [0.2, 0.25) is 0 Å². The third-order valence-corrected chi connectivity index (χ3v) is 17.1. The van der Waals surface area contributed by atoms with Crippen molar-refractivity contribution in [1.82, 2.24) is 0 Å². The second-order valence-electron chi connectivity index (χ2n) is 20.9. The molecule has 19 nitrogen and oxygen atoms in total. The lowest BCUT2D eigenvalue weighted by Crippen LogP contribution is -2.61. The lowest BCUT2D eigenvalue weighted by molar-refractivity contribution is -0.330. The Bertz CT molecular complexity index is 1670. The van der Waals surface area contributed by atoms with Crippen LogP contribution in [-0.4, -0.2) is 193 Å². The molecule has 4 saturated carbocycles. The van der Waals surface area contributed by atoms with Crippen LogP contribution in [0.15, 0.2) is 11.3 Å². The first-order valence-electron chi connectivity index (χ1n) is 23.4. The van der Waals surface area contributed by atoms with Crippen LogP contribution >= 0.6 is 0 Å². The number of carbonyl (C=O) groups excluding carboxylic acids is 1. The van der Waals surface area contributed by atoms with Crippen molar-refractivity contribution < 1.29 is 94.1 Å². The van der Waals surface area contributed by atoms with Gasteiger partial charge in [-0.25, -0.2) is 0 Å². The molecule has 25 atom stereocenters. The van der Waals surface area contributed by atoms with Crippen LogP contribution in [0.3, 0.4) is 0 Å². The molecule has 366 valence electrons. The van der Waals surface area contributed by atoms with Crippen molar-refractivity contribution in [1.29, 1.82) is 0 Å². The molecule has 4 heterocycles.